The zero-order valence-electron chi connectivity index (χ0n) is 8.71. The highest BCUT2D eigenvalue weighted by molar-refractivity contribution is 6.33. The predicted octanol–water partition coefficient (Wildman–Crippen LogP) is 3.29. The van der Waals surface area contributed by atoms with E-state index in [1.54, 1.807) is 12.1 Å². The molecule has 1 unspecified atom stereocenters. The molecule has 1 aliphatic rings. The van der Waals surface area contributed by atoms with E-state index < -0.39 is 0 Å². The lowest BCUT2D eigenvalue weighted by molar-refractivity contribution is 0.0543. The van der Waals surface area contributed by atoms with Gasteiger partial charge < -0.3 is 10.1 Å². The molecule has 2 nitrogen and oxygen atoms in total. The Hall–Kier alpha value is 0.01000. The Labute approximate surface area is 112 Å². The maximum atomic E-state index is 6.03. The van der Waals surface area contributed by atoms with Crippen LogP contribution in [0.25, 0.3) is 0 Å². The summed E-state index contributed by atoms with van der Waals surface area (Å²) in [6.45, 7) is 2.50. The Morgan fingerprint density at radius 3 is 2.88 bits per heavy atom. The van der Waals surface area contributed by atoms with Gasteiger partial charge in [0.05, 0.1) is 12.7 Å². The van der Waals surface area contributed by atoms with Crippen molar-refractivity contribution in [2.45, 2.75) is 19.1 Å². The smallest absolute Gasteiger partial charge is 0.0736 e. The zero-order chi connectivity index (χ0) is 10.7. The fourth-order valence-corrected chi connectivity index (χ4v) is 2.00. The number of hydrogen-bond acceptors (Lipinski definition) is 2. The molecule has 0 spiro atoms. The minimum atomic E-state index is 0. The average Bonchev–Trinajstić information content (AvgIpc) is 2.72. The zero-order valence-corrected chi connectivity index (χ0v) is 11.0. The van der Waals surface area contributed by atoms with Crippen LogP contribution in [0.4, 0.5) is 0 Å². The van der Waals surface area contributed by atoms with Gasteiger partial charge in [0.15, 0.2) is 0 Å². The van der Waals surface area contributed by atoms with Gasteiger partial charge in [-0.2, -0.15) is 0 Å². The maximum Gasteiger partial charge on any atom is 0.0736 e. The van der Waals surface area contributed by atoms with Crippen LogP contribution in [0.15, 0.2) is 18.2 Å². The molecule has 1 fully saturated rings. The molecule has 16 heavy (non-hydrogen) atoms. The molecule has 0 bridgehead atoms. The second kappa shape index (κ2) is 6.67. The summed E-state index contributed by atoms with van der Waals surface area (Å²) in [6, 6.07) is 5.44. The molecular weight excluding hydrogens is 268 g/mol. The number of hydrogen-bond donors (Lipinski definition) is 1. The quantitative estimate of drug-likeness (QED) is 0.918. The second-order valence-corrected chi connectivity index (χ2v) is 4.51. The SMILES string of the molecule is Cl.Clc1ccc(Cl)c(COC2CCNC2)c1. The number of ether oxygens (including phenoxy) is 1. The van der Waals surface area contributed by atoms with Crippen molar-refractivity contribution >= 4 is 35.6 Å². The van der Waals surface area contributed by atoms with Crippen LogP contribution in [0.2, 0.25) is 10.0 Å². The van der Waals surface area contributed by atoms with Gasteiger partial charge in [0.1, 0.15) is 0 Å². The monoisotopic (exact) mass is 281 g/mol. The molecule has 1 aromatic rings. The van der Waals surface area contributed by atoms with Crippen LogP contribution in [0, 0.1) is 0 Å². The summed E-state index contributed by atoms with van der Waals surface area (Å²) in [5.74, 6) is 0. The molecule has 1 N–H and O–H groups in total. The molecule has 90 valence electrons. The van der Waals surface area contributed by atoms with E-state index in [0.717, 1.165) is 25.1 Å². The van der Waals surface area contributed by atoms with Gasteiger partial charge in [-0.15, -0.1) is 12.4 Å². The average molecular weight is 283 g/mol. The standard InChI is InChI=1S/C11H13Cl2NO.ClH/c12-9-1-2-11(13)8(5-9)7-15-10-3-4-14-6-10;/h1-2,5,10,14H,3-4,6-7H2;1H. The first-order valence-corrected chi connectivity index (χ1v) is 5.77. The third-order valence-corrected chi connectivity index (χ3v) is 3.10. The Bertz CT molecular complexity index is 340. The molecule has 0 saturated carbocycles. The highest BCUT2D eigenvalue weighted by Gasteiger charge is 2.15. The van der Waals surface area contributed by atoms with Gasteiger partial charge in [0.2, 0.25) is 0 Å². The van der Waals surface area contributed by atoms with E-state index in [0.29, 0.717) is 22.8 Å². The molecule has 1 heterocycles. The minimum Gasteiger partial charge on any atom is -0.372 e. The molecule has 1 atom stereocenters. The molecule has 5 heteroatoms. The predicted molar refractivity (Wildman–Crippen MR) is 69.8 cm³/mol. The van der Waals surface area contributed by atoms with Crippen molar-refractivity contribution in [3.05, 3.63) is 33.8 Å². The minimum absolute atomic E-state index is 0. The van der Waals surface area contributed by atoms with Gasteiger partial charge >= 0.3 is 0 Å². The largest absolute Gasteiger partial charge is 0.372 e. The highest BCUT2D eigenvalue weighted by atomic mass is 35.5. The van der Waals surface area contributed by atoms with Crippen molar-refractivity contribution in [2.24, 2.45) is 0 Å². The Morgan fingerprint density at radius 2 is 2.19 bits per heavy atom. The summed E-state index contributed by atoms with van der Waals surface area (Å²) in [7, 11) is 0. The Kier molecular flexibility index (Phi) is 5.87. The van der Waals surface area contributed by atoms with Crippen molar-refractivity contribution in [1.29, 1.82) is 0 Å². The van der Waals surface area contributed by atoms with Crippen molar-refractivity contribution in [1.82, 2.24) is 5.32 Å². The lowest BCUT2D eigenvalue weighted by atomic mass is 10.2. The molecule has 1 saturated heterocycles. The van der Waals surface area contributed by atoms with Gasteiger partial charge in [-0.25, -0.2) is 0 Å². The van der Waals surface area contributed by atoms with E-state index in [1.807, 2.05) is 6.07 Å². The van der Waals surface area contributed by atoms with E-state index in [1.165, 1.54) is 0 Å². The summed E-state index contributed by atoms with van der Waals surface area (Å²) in [4.78, 5) is 0. The molecule has 0 aliphatic carbocycles. The molecule has 1 aliphatic heterocycles. The van der Waals surface area contributed by atoms with E-state index in [4.69, 9.17) is 27.9 Å². The van der Waals surface area contributed by atoms with Crippen LogP contribution in [0.5, 0.6) is 0 Å². The Balaban J connectivity index is 0.00000128. The van der Waals surface area contributed by atoms with Crippen molar-refractivity contribution < 1.29 is 4.74 Å². The second-order valence-electron chi connectivity index (χ2n) is 3.66. The maximum absolute atomic E-state index is 6.03. The number of nitrogens with one attached hydrogen (secondary N) is 1. The van der Waals surface area contributed by atoms with Gasteiger partial charge in [0.25, 0.3) is 0 Å². The lowest BCUT2D eigenvalue weighted by Gasteiger charge is -2.11. The molecular formula is C11H14Cl3NO. The van der Waals surface area contributed by atoms with Gasteiger partial charge in [0, 0.05) is 16.6 Å². The normalized spacial score (nSPS) is 19.5. The topological polar surface area (TPSA) is 21.3 Å². The van der Waals surface area contributed by atoms with E-state index in [9.17, 15) is 0 Å². The first-order valence-electron chi connectivity index (χ1n) is 5.02. The number of halogens is 3. The van der Waals surface area contributed by atoms with E-state index >= 15 is 0 Å². The third-order valence-electron chi connectivity index (χ3n) is 2.50. The molecule has 0 radical (unpaired) electrons. The number of benzene rings is 1. The molecule has 1 aromatic carbocycles. The lowest BCUT2D eigenvalue weighted by Crippen LogP contribution is -2.16. The fraction of sp³-hybridized carbons (Fsp3) is 0.455. The number of rotatable bonds is 3. The van der Waals surface area contributed by atoms with Crippen LogP contribution in [-0.2, 0) is 11.3 Å². The van der Waals surface area contributed by atoms with Gasteiger partial charge in [-0.3, -0.25) is 0 Å². The van der Waals surface area contributed by atoms with E-state index in [-0.39, 0.29) is 12.4 Å². The summed E-state index contributed by atoms with van der Waals surface area (Å²) in [6.07, 6.45) is 1.37. The van der Waals surface area contributed by atoms with Crippen LogP contribution >= 0.6 is 35.6 Å². The summed E-state index contributed by atoms with van der Waals surface area (Å²) in [5, 5.41) is 4.66. The summed E-state index contributed by atoms with van der Waals surface area (Å²) >= 11 is 11.9. The Morgan fingerprint density at radius 1 is 1.38 bits per heavy atom. The van der Waals surface area contributed by atoms with Crippen LogP contribution in [0.1, 0.15) is 12.0 Å². The highest BCUT2D eigenvalue weighted by Crippen LogP contribution is 2.22. The van der Waals surface area contributed by atoms with Gasteiger partial charge in [-0.1, -0.05) is 23.2 Å². The van der Waals surface area contributed by atoms with Crippen LogP contribution in [0.3, 0.4) is 0 Å². The van der Waals surface area contributed by atoms with E-state index in [2.05, 4.69) is 5.32 Å². The molecule has 0 amide bonds. The summed E-state index contributed by atoms with van der Waals surface area (Å²) in [5.41, 5.74) is 0.955. The molecule has 2 rings (SSSR count). The fourth-order valence-electron chi connectivity index (χ4n) is 1.63. The summed E-state index contributed by atoms with van der Waals surface area (Å²) < 4.78 is 5.72. The van der Waals surface area contributed by atoms with Crippen molar-refractivity contribution in [2.75, 3.05) is 13.1 Å². The third kappa shape index (κ3) is 3.79. The van der Waals surface area contributed by atoms with Gasteiger partial charge in [-0.05, 0) is 36.7 Å². The molecule has 0 aromatic heterocycles. The first kappa shape index (κ1) is 14.1. The van der Waals surface area contributed by atoms with Crippen LogP contribution < -0.4 is 5.32 Å². The van der Waals surface area contributed by atoms with Crippen molar-refractivity contribution in [3.63, 3.8) is 0 Å². The van der Waals surface area contributed by atoms with Crippen LogP contribution in [-0.4, -0.2) is 19.2 Å². The first-order chi connectivity index (χ1) is 7.25. The van der Waals surface area contributed by atoms with Crippen molar-refractivity contribution in [3.8, 4) is 0 Å².